The van der Waals surface area contributed by atoms with E-state index < -0.39 is 5.97 Å². The zero-order valence-electron chi connectivity index (χ0n) is 10.7. The molecule has 102 valence electrons. The van der Waals surface area contributed by atoms with Crippen molar-refractivity contribution in [3.63, 3.8) is 0 Å². The molecule has 3 aromatic rings. The van der Waals surface area contributed by atoms with Gasteiger partial charge in [-0.3, -0.25) is 4.57 Å². The second kappa shape index (κ2) is 4.41. The quantitative estimate of drug-likeness (QED) is 0.765. The average molecular weight is 272 g/mol. The van der Waals surface area contributed by atoms with Gasteiger partial charge in [0.05, 0.1) is 28.9 Å². The number of nitrogens with zero attached hydrogens (tertiary/aromatic N) is 1. The summed E-state index contributed by atoms with van der Waals surface area (Å²) < 4.78 is 6.86. The summed E-state index contributed by atoms with van der Waals surface area (Å²) in [6.07, 6.45) is 1.55. The lowest BCUT2D eigenvalue weighted by Gasteiger charge is -2.10. The number of carboxylic acids is 1. The number of hydrogen-bond acceptors (Lipinski definition) is 3. The monoisotopic (exact) mass is 272 g/mol. The number of benzene rings is 1. The Labute approximate surface area is 113 Å². The normalized spacial score (nSPS) is 12.7. The van der Waals surface area contributed by atoms with Crippen LogP contribution in [0.2, 0.25) is 0 Å². The summed E-state index contributed by atoms with van der Waals surface area (Å²) in [6.45, 7) is 1.85. The van der Waals surface area contributed by atoms with Crippen molar-refractivity contribution < 1.29 is 14.3 Å². The van der Waals surface area contributed by atoms with Crippen LogP contribution >= 0.6 is 0 Å². The number of aromatic carboxylic acids is 1. The van der Waals surface area contributed by atoms with E-state index in [-0.39, 0.29) is 17.3 Å². The van der Waals surface area contributed by atoms with E-state index in [1.54, 1.807) is 29.0 Å². The third-order valence-electron chi connectivity index (χ3n) is 3.31. The van der Waals surface area contributed by atoms with Crippen molar-refractivity contribution in [1.29, 1.82) is 0 Å². The zero-order chi connectivity index (χ0) is 14.3. The summed E-state index contributed by atoms with van der Waals surface area (Å²) >= 11 is 0. The Bertz CT molecular complexity index is 827. The molecule has 2 heterocycles. The molecule has 2 aromatic heterocycles. The highest BCUT2D eigenvalue weighted by molar-refractivity contribution is 5.92. The molecule has 0 amide bonds. The molecule has 6 heteroatoms. The fourth-order valence-electron chi connectivity index (χ4n) is 2.30. The molecule has 2 N–H and O–H groups in total. The van der Waals surface area contributed by atoms with Gasteiger partial charge in [0.15, 0.2) is 0 Å². The molecule has 0 fully saturated rings. The van der Waals surface area contributed by atoms with Gasteiger partial charge in [0.2, 0.25) is 0 Å². The van der Waals surface area contributed by atoms with Crippen molar-refractivity contribution in [3.05, 3.63) is 58.4 Å². The molecular formula is C14H12N2O4. The summed E-state index contributed by atoms with van der Waals surface area (Å²) in [5, 5.41) is 8.97. The molecule has 6 nitrogen and oxygen atoms in total. The third-order valence-corrected chi connectivity index (χ3v) is 3.31. The minimum Gasteiger partial charge on any atom is -0.478 e. The summed E-state index contributed by atoms with van der Waals surface area (Å²) in [5.74, 6) is -0.366. The molecule has 0 spiro atoms. The minimum atomic E-state index is -1.03. The van der Waals surface area contributed by atoms with Crippen molar-refractivity contribution in [2.45, 2.75) is 13.0 Å². The van der Waals surface area contributed by atoms with Crippen LogP contribution in [-0.2, 0) is 0 Å². The van der Waals surface area contributed by atoms with Crippen molar-refractivity contribution >= 4 is 17.0 Å². The lowest BCUT2D eigenvalue weighted by molar-refractivity contribution is 0.0697. The van der Waals surface area contributed by atoms with Crippen LogP contribution in [0.3, 0.4) is 0 Å². The zero-order valence-corrected chi connectivity index (χ0v) is 10.7. The molecule has 1 unspecified atom stereocenters. The fourth-order valence-corrected chi connectivity index (χ4v) is 2.30. The summed E-state index contributed by atoms with van der Waals surface area (Å²) in [6, 6.07) is 7.82. The van der Waals surface area contributed by atoms with Gasteiger partial charge in [-0.2, -0.15) is 0 Å². The molecule has 1 aromatic carbocycles. The fraction of sp³-hybridized carbons (Fsp3) is 0.143. The average Bonchev–Trinajstić information content (AvgIpc) is 3.03. The summed E-state index contributed by atoms with van der Waals surface area (Å²) in [5.41, 5.74) is 0.972. The molecule has 0 aliphatic heterocycles. The van der Waals surface area contributed by atoms with E-state index in [2.05, 4.69) is 4.98 Å². The first kappa shape index (κ1) is 12.3. The topological polar surface area (TPSA) is 88.2 Å². The molecule has 3 rings (SSSR count). The third kappa shape index (κ3) is 1.82. The Kier molecular flexibility index (Phi) is 2.71. The second-order valence-electron chi connectivity index (χ2n) is 4.53. The van der Waals surface area contributed by atoms with Gasteiger partial charge in [-0.25, -0.2) is 9.59 Å². The number of imidazole rings is 1. The number of carbonyl (C=O) groups is 1. The van der Waals surface area contributed by atoms with Crippen LogP contribution in [0.1, 0.15) is 29.1 Å². The molecule has 0 saturated heterocycles. The maximum absolute atomic E-state index is 12.1. The Balaban J connectivity index is 2.19. The number of furan rings is 1. The van der Waals surface area contributed by atoms with Crippen LogP contribution in [0.5, 0.6) is 0 Å². The largest absolute Gasteiger partial charge is 0.478 e. The molecule has 1 atom stereocenters. The van der Waals surface area contributed by atoms with Crippen molar-refractivity contribution in [3.8, 4) is 0 Å². The minimum absolute atomic E-state index is 0.136. The van der Waals surface area contributed by atoms with Crippen LogP contribution < -0.4 is 5.69 Å². The Morgan fingerprint density at radius 1 is 1.40 bits per heavy atom. The number of H-pyrrole nitrogens is 1. The highest BCUT2D eigenvalue weighted by atomic mass is 16.4. The predicted octanol–water partition coefficient (Wildman–Crippen LogP) is 2.23. The van der Waals surface area contributed by atoms with E-state index >= 15 is 0 Å². The van der Waals surface area contributed by atoms with Crippen LogP contribution in [0.25, 0.3) is 11.0 Å². The van der Waals surface area contributed by atoms with E-state index in [1.807, 2.05) is 6.92 Å². The first-order valence-corrected chi connectivity index (χ1v) is 6.09. The first-order chi connectivity index (χ1) is 9.58. The van der Waals surface area contributed by atoms with Crippen LogP contribution in [0, 0.1) is 0 Å². The number of fused-ring (bicyclic) bond motifs is 1. The summed E-state index contributed by atoms with van der Waals surface area (Å²) in [4.78, 5) is 25.7. The molecular weight excluding hydrogens is 260 g/mol. The lowest BCUT2D eigenvalue weighted by Crippen LogP contribution is -2.20. The van der Waals surface area contributed by atoms with Crippen molar-refractivity contribution in [2.75, 3.05) is 0 Å². The van der Waals surface area contributed by atoms with E-state index in [0.29, 0.717) is 16.8 Å². The molecule has 0 radical (unpaired) electrons. The Hall–Kier alpha value is -2.76. The number of rotatable bonds is 3. The second-order valence-corrected chi connectivity index (χ2v) is 4.53. The molecule has 0 aliphatic carbocycles. The van der Waals surface area contributed by atoms with Gasteiger partial charge in [-0.15, -0.1) is 0 Å². The van der Waals surface area contributed by atoms with E-state index in [4.69, 9.17) is 9.52 Å². The van der Waals surface area contributed by atoms with Crippen molar-refractivity contribution in [2.24, 2.45) is 0 Å². The lowest BCUT2D eigenvalue weighted by atomic mass is 10.2. The Morgan fingerprint density at radius 3 is 2.85 bits per heavy atom. The van der Waals surface area contributed by atoms with Gasteiger partial charge >= 0.3 is 11.7 Å². The van der Waals surface area contributed by atoms with E-state index in [0.717, 1.165) is 0 Å². The van der Waals surface area contributed by atoms with Crippen LogP contribution in [0.15, 0.2) is 45.8 Å². The number of aromatic amines is 1. The number of carboxylic acid groups (broad SMARTS) is 1. The number of nitrogens with one attached hydrogen (secondary N) is 1. The highest BCUT2D eigenvalue weighted by Gasteiger charge is 2.17. The Morgan fingerprint density at radius 2 is 2.20 bits per heavy atom. The molecule has 0 aliphatic rings. The van der Waals surface area contributed by atoms with Gasteiger partial charge in [0, 0.05) is 0 Å². The predicted molar refractivity (Wildman–Crippen MR) is 72.0 cm³/mol. The van der Waals surface area contributed by atoms with E-state index in [1.165, 1.54) is 12.1 Å². The number of hydrogen-bond donors (Lipinski definition) is 2. The highest BCUT2D eigenvalue weighted by Crippen LogP contribution is 2.22. The SMILES string of the molecule is CC(c1ccco1)n1c(=O)[nH]c2cc(C(=O)O)ccc21. The van der Waals surface area contributed by atoms with Gasteiger partial charge < -0.3 is 14.5 Å². The number of aromatic nitrogens is 2. The molecule has 0 bridgehead atoms. The van der Waals surface area contributed by atoms with E-state index in [9.17, 15) is 9.59 Å². The van der Waals surface area contributed by atoms with Crippen LogP contribution in [0.4, 0.5) is 0 Å². The van der Waals surface area contributed by atoms with Gasteiger partial charge in [-0.05, 0) is 37.3 Å². The van der Waals surface area contributed by atoms with Gasteiger partial charge in [0.1, 0.15) is 5.76 Å². The maximum atomic E-state index is 12.1. The van der Waals surface area contributed by atoms with Gasteiger partial charge in [0.25, 0.3) is 0 Å². The van der Waals surface area contributed by atoms with Gasteiger partial charge in [-0.1, -0.05) is 0 Å². The molecule has 0 saturated carbocycles. The smallest absolute Gasteiger partial charge is 0.335 e. The van der Waals surface area contributed by atoms with Crippen LogP contribution in [-0.4, -0.2) is 20.6 Å². The first-order valence-electron chi connectivity index (χ1n) is 6.09. The van der Waals surface area contributed by atoms with Crippen molar-refractivity contribution in [1.82, 2.24) is 9.55 Å². The summed E-state index contributed by atoms with van der Waals surface area (Å²) in [7, 11) is 0. The standard InChI is InChI=1S/C14H12N2O4/c1-8(12-3-2-6-20-12)16-11-5-4-9(13(17)18)7-10(11)15-14(16)19/h2-8H,1H3,(H,15,19)(H,17,18). The maximum Gasteiger partial charge on any atom is 0.335 e. The molecule has 20 heavy (non-hydrogen) atoms.